The number of alkyl halides is 3. The zero-order valence-corrected chi connectivity index (χ0v) is 13.7. The van der Waals surface area contributed by atoms with Gasteiger partial charge >= 0.3 is 6.18 Å². The summed E-state index contributed by atoms with van der Waals surface area (Å²) in [6.07, 6.45) is -2.95. The van der Waals surface area contributed by atoms with Gasteiger partial charge in [0.25, 0.3) is 0 Å². The monoisotopic (exact) mass is 362 g/mol. The Bertz CT molecular complexity index is 731. The summed E-state index contributed by atoms with van der Waals surface area (Å²) < 4.78 is 38.1. The van der Waals surface area contributed by atoms with E-state index in [1.165, 1.54) is 6.07 Å². The molecule has 0 bridgehead atoms. The van der Waals surface area contributed by atoms with Crippen LogP contribution in [0.25, 0.3) is 11.0 Å². The van der Waals surface area contributed by atoms with Gasteiger partial charge in [0.2, 0.25) is 11.9 Å². The Labute approximate surface area is 142 Å². The lowest BCUT2D eigenvalue weighted by molar-refractivity contribution is -0.137. The van der Waals surface area contributed by atoms with Gasteiger partial charge < -0.3 is 10.3 Å². The predicted molar refractivity (Wildman–Crippen MR) is 87.2 cm³/mol. The smallest absolute Gasteiger partial charge is 0.324 e. The highest BCUT2D eigenvalue weighted by Crippen LogP contribution is 2.31. The summed E-state index contributed by atoms with van der Waals surface area (Å²) in [5.41, 5.74) is -0.125. The number of fused-ring (bicyclic) bond motifs is 1. The number of nitrogens with one attached hydrogen (secondary N) is 3. The highest BCUT2D eigenvalue weighted by atomic mass is 35.5. The van der Waals surface area contributed by atoms with E-state index in [-0.39, 0.29) is 41.7 Å². The Morgan fingerprint density at radius 3 is 2.79 bits per heavy atom. The molecule has 132 valence electrons. The minimum absolute atomic E-state index is 0. The fourth-order valence-electron chi connectivity index (χ4n) is 2.83. The minimum Gasteiger partial charge on any atom is -0.324 e. The van der Waals surface area contributed by atoms with Crippen LogP contribution in [0.15, 0.2) is 18.2 Å². The quantitative estimate of drug-likeness (QED) is 0.767. The molecule has 1 saturated heterocycles. The number of imidazole rings is 1. The standard InChI is InChI=1S/C15H17F3N4O.ClH/c1-8-6-9(4-5-19-8)13(23)22-14-20-11-3-2-10(15(16,17)18)7-12(11)21-14;/h2-3,7-9,19H,4-6H2,1H3,(H2,20,21,22,23);1H/t8-,9-;/m0./s1. The predicted octanol–water partition coefficient (Wildman–Crippen LogP) is 3.33. The van der Waals surface area contributed by atoms with E-state index in [0.717, 1.165) is 31.5 Å². The number of benzene rings is 1. The number of hydrogen-bond acceptors (Lipinski definition) is 3. The minimum atomic E-state index is -4.41. The first-order valence-corrected chi connectivity index (χ1v) is 7.44. The molecule has 3 rings (SSSR count). The van der Waals surface area contributed by atoms with E-state index in [9.17, 15) is 18.0 Å². The number of aromatic amines is 1. The first-order valence-electron chi connectivity index (χ1n) is 7.44. The number of carbonyl (C=O) groups excluding carboxylic acids is 1. The number of anilines is 1. The first-order chi connectivity index (χ1) is 10.8. The third-order valence-corrected chi connectivity index (χ3v) is 4.05. The fourth-order valence-corrected chi connectivity index (χ4v) is 2.83. The van der Waals surface area contributed by atoms with Crippen molar-refractivity contribution in [1.29, 1.82) is 0 Å². The van der Waals surface area contributed by atoms with Crippen LogP contribution in [0.3, 0.4) is 0 Å². The molecule has 5 nitrogen and oxygen atoms in total. The lowest BCUT2D eigenvalue weighted by Gasteiger charge is -2.26. The summed E-state index contributed by atoms with van der Waals surface area (Å²) in [5, 5.41) is 5.93. The summed E-state index contributed by atoms with van der Waals surface area (Å²) in [5.74, 6) is -0.103. The normalized spacial score (nSPS) is 21.3. The zero-order valence-electron chi connectivity index (χ0n) is 12.9. The van der Waals surface area contributed by atoms with Crippen molar-refractivity contribution < 1.29 is 18.0 Å². The molecular formula is C15H18ClF3N4O. The van der Waals surface area contributed by atoms with Crippen molar-refractivity contribution in [3.8, 4) is 0 Å². The second-order valence-electron chi connectivity index (χ2n) is 5.88. The molecule has 0 unspecified atom stereocenters. The summed E-state index contributed by atoms with van der Waals surface area (Å²) >= 11 is 0. The maximum atomic E-state index is 12.7. The summed E-state index contributed by atoms with van der Waals surface area (Å²) in [7, 11) is 0. The molecule has 2 atom stereocenters. The van der Waals surface area contributed by atoms with Crippen LogP contribution in [0.1, 0.15) is 25.3 Å². The average Bonchev–Trinajstić information content (AvgIpc) is 2.87. The second-order valence-corrected chi connectivity index (χ2v) is 5.88. The van der Waals surface area contributed by atoms with Crippen molar-refractivity contribution in [2.24, 2.45) is 5.92 Å². The van der Waals surface area contributed by atoms with Crippen LogP contribution in [0.2, 0.25) is 0 Å². The number of piperidine rings is 1. The van der Waals surface area contributed by atoms with Crippen LogP contribution >= 0.6 is 12.4 Å². The Morgan fingerprint density at radius 2 is 2.12 bits per heavy atom. The number of rotatable bonds is 2. The first kappa shape index (κ1) is 18.5. The maximum Gasteiger partial charge on any atom is 0.416 e. The third-order valence-electron chi connectivity index (χ3n) is 4.05. The highest BCUT2D eigenvalue weighted by molar-refractivity contribution is 5.92. The number of H-pyrrole nitrogens is 1. The third kappa shape index (κ3) is 3.99. The largest absolute Gasteiger partial charge is 0.416 e. The van der Waals surface area contributed by atoms with Gasteiger partial charge in [-0.3, -0.25) is 10.1 Å². The number of amides is 1. The number of hydrogen-bond donors (Lipinski definition) is 3. The van der Waals surface area contributed by atoms with Gasteiger partial charge in [-0.1, -0.05) is 0 Å². The van der Waals surface area contributed by atoms with Crippen molar-refractivity contribution >= 4 is 35.3 Å². The van der Waals surface area contributed by atoms with Gasteiger partial charge in [-0.05, 0) is 44.5 Å². The summed E-state index contributed by atoms with van der Waals surface area (Å²) in [4.78, 5) is 19.1. The van der Waals surface area contributed by atoms with Crippen LogP contribution in [0.5, 0.6) is 0 Å². The molecule has 0 aliphatic carbocycles. The van der Waals surface area contributed by atoms with E-state index in [4.69, 9.17) is 0 Å². The average molecular weight is 363 g/mol. The van der Waals surface area contributed by atoms with Gasteiger partial charge in [-0.15, -0.1) is 12.4 Å². The summed E-state index contributed by atoms with van der Waals surface area (Å²) in [6, 6.07) is 3.52. The van der Waals surface area contributed by atoms with Crippen LogP contribution in [0, 0.1) is 5.92 Å². The van der Waals surface area contributed by atoms with Crippen molar-refractivity contribution in [3.63, 3.8) is 0 Å². The molecule has 0 spiro atoms. The Kier molecular flexibility index (Phi) is 5.39. The molecule has 1 aliphatic heterocycles. The van der Waals surface area contributed by atoms with E-state index >= 15 is 0 Å². The van der Waals surface area contributed by atoms with E-state index < -0.39 is 11.7 Å². The van der Waals surface area contributed by atoms with Crippen molar-refractivity contribution in [3.05, 3.63) is 23.8 Å². The molecule has 1 aromatic heterocycles. The molecule has 24 heavy (non-hydrogen) atoms. The molecule has 2 aromatic rings. The van der Waals surface area contributed by atoms with Gasteiger partial charge in [-0.2, -0.15) is 13.2 Å². The maximum absolute atomic E-state index is 12.7. The topological polar surface area (TPSA) is 69.8 Å². The van der Waals surface area contributed by atoms with Crippen molar-refractivity contribution in [1.82, 2.24) is 15.3 Å². The van der Waals surface area contributed by atoms with E-state index in [0.29, 0.717) is 5.52 Å². The van der Waals surface area contributed by atoms with Gasteiger partial charge in [0, 0.05) is 12.0 Å². The molecular weight excluding hydrogens is 345 g/mol. The number of carbonyl (C=O) groups is 1. The van der Waals surface area contributed by atoms with Crippen LogP contribution in [-0.2, 0) is 11.0 Å². The molecule has 0 radical (unpaired) electrons. The molecule has 1 aromatic carbocycles. The second kappa shape index (κ2) is 6.98. The lowest BCUT2D eigenvalue weighted by Crippen LogP contribution is -2.40. The SMILES string of the molecule is C[C@H]1C[C@@H](C(=O)Nc2nc3ccc(C(F)(F)F)cc3[nH]2)CCN1.Cl. The lowest BCUT2D eigenvalue weighted by atomic mass is 9.92. The van der Waals surface area contributed by atoms with E-state index in [1.54, 1.807) is 0 Å². The molecule has 3 N–H and O–H groups in total. The molecule has 9 heteroatoms. The van der Waals surface area contributed by atoms with E-state index in [2.05, 4.69) is 20.6 Å². The number of halogens is 4. The van der Waals surface area contributed by atoms with Gasteiger partial charge in [-0.25, -0.2) is 4.98 Å². The van der Waals surface area contributed by atoms with E-state index in [1.807, 2.05) is 6.92 Å². The zero-order chi connectivity index (χ0) is 16.6. The fraction of sp³-hybridized carbons (Fsp3) is 0.467. The Balaban J connectivity index is 0.00000208. The van der Waals surface area contributed by atoms with Crippen LogP contribution < -0.4 is 10.6 Å². The van der Waals surface area contributed by atoms with Gasteiger partial charge in [0.15, 0.2) is 0 Å². The molecule has 2 heterocycles. The van der Waals surface area contributed by atoms with Crippen molar-refractivity contribution in [2.75, 3.05) is 11.9 Å². The highest BCUT2D eigenvalue weighted by Gasteiger charge is 2.31. The van der Waals surface area contributed by atoms with Crippen molar-refractivity contribution in [2.45, 2.75) is 32.0 Å². The number of aromatic nitrogens is 2. The van der Waals surface area contributed by atoms with Gasteiger partial charge in [0.05, 0.1) is 16.6 Å². The summed E-state index contributed by atoms with van der Waals surface area (Å²) in [6.45, 7) is 2.79. The van der Waals surface area contributed by atoms with Crippen LogP contribution in [-0.4, -0.2) is 28.5 Å². The molecule has 0 saturated carbocycles. The molecule has 1 fully saturated rings. The molecule has 1 aliphatic rings. The Morgan fingerprint density at radius 1 is 1.38 bits per heavy atom. The van der Waals surface area contributed by atoms with Crippen LogP contribution in [0.4, 0.5) is 19.1 Å². The number of nitrogens with zero attached hydrogens (tertiary/aromatic N) is 1. The molecule has 1 amide bonds. The Hall–Kier alpha value is -1.80. The van der Waals surface area contributed by atoms with Gasteiger partial charge in [0.1, 0.15) is 0 Å².